The molecule has 0 saturated heterocycles. The van der Waals surface area contributed by atoms with Crippen molar-refractivity contribution >= 4 is 11.7 Å². The van der Waals surface area contributed by atoms with Crippen molar-refractivity contribution in [2.24, 2.45) is 5.73 Å². The second-order valence-electron chi connectivity index (χ2n) is 3.16. The van der Waals surface area contributed by atoms with Gasteiger partial charge in [0.15, 0.2) is 0 Å². The number of nitro groups is 1. The van der Waals surface area contributed by atoms with Crippen molar-refractivity contribution in [1.29, 1.82) is 0 Å². The number of carbonyl (C=O) groups is 1. The molecule has 7 nitrogen and oxygen atoms in total. The molecule has 0 aliphatic rings. The number of nitro benzene ring substituents is 1. The Hall–Kier alpha value is -1.99. The molecule has 0 saturated carbocycles. The number of aliphatic hydroxyl groups excluding tert-OH is 1. The van der Waals surface area contributed by atoms with E-state index < -0.39 is 23.0 Å². The molecule has 0 bridgehead atoms. The summed E-state index contributed by atoms with van der Waals surface area (Å²) in [5.74, 6) is -1.34. The van der Waals surface area contributed by atoms with Crippen LogP contribution in [0.2, 0.25) is 0 Å². The van der Waals surface area contributed by atoms with E-state index in [2.05, 4.69) is 0 Å². The SMILES string of the molecule is N[C@H](C(=O)O)[C@H](O)c1ccc([N+](=O)[O-])cc1. The van der Waals surface area contributed by atoms with Gasteiger partial charge >= 0.3 is 5.97 Å². The number of hydrogen-bond acceptors (Lipinski definition) is 5. The quantitative estimate of drug-likeness (QED) is 0.491. The predicted molar refractivity (Wildman–Crippen MR) is 53.7 cm³/mol. The van der Waals surface area contributed by atoms with Crippen molar-refractivity contribution in [3.63, 3.8) is 0 Å². The van der Waals surface area contributed by atoms with Crippen molar-refractivity contribution in [3.8, 4) is 0 Å². The Labute approximate surface area is 90.3 Å². The first-order chi connectivity index (χ1) is 7.43. The fourth-order valence-electron chi connectivity index (χ4n) is 1.14. The summed E-state index contributed by atoms with van der Waals surface area (Å²) in [6, 6.07) is 3.43. The molecule has 0 aromatic heterocycles. The summed E-state index contributed by atoms with van der Waals surface area (Å²) in [6.07, 6.45) is -1.39. The maximum Gasteiger partial charge on any atom is 0.323 e. The zero-order chi connectivity index (χ0) is 12.3. The minimum absolute atomic E-state index is 0.139. The van der Waals surface area contributed by atoms with Crippen molar-refractivity contribution in [1.82, 2.24) is 0 Å². The first kappa shape index (κ1) is 12.1. The van der Waals surface area contributed by atoms with Crippen molar-refractivity contribution in [2.75, 3.05) is 0 Å². The van der Waals surface area contributed by atoms with Crippen LogP contribution in [0.25, 0.3) is 0 Å². The first-order valence-corrected chi connectivity index (χ1v) is 4.34. The van der Waals surface area contributed by atoms with Crippen LogP contribution < -0.4 is 5.73 Å². The van der Waals surface area contributed by atoms with E-state index in [4.69, 9.17) is 10.8 Å². The second-order valence-corrected chi connectivity index (χ2v) is 3.16. The van der Waals surface area contributed by atoms with Gasteiger partial charge in [-0.2, -0.15) is 0 Å². The van der Waals surface area contributed by atoms with E-state index in [1.165, 1.54) is 24.3 Å². The minimum atomic E-state index is -1.46. The highest BCUT2D eigenvalue weighted by atomic mass is 16.6. The Kier molecular flexibility index (Phi) is 3.54. The van der Waals surface area contributed by atoms with E-state index in [-0.39, 0.29) is 11.3 Å². The third-order valence-electron chi connectivity index (χ3n) is 2.07. The molecule has 0 aliphatic heterocycles. The maximum atomic E-state index is 10.5. The lowest BCUT2D eigenvalue weighted by molar-refractivity contribution is -0.384. The molecule has 1 rings (SSSR count). The van der Waals surface area contributed by atoms with E-state index in [1.54, 1.807) is 0 Å². The van der Waals surface area contributed by atoms with Crippen LogP contribution in [-0.2, 0) is 4.79 Å². The largest absolute Gasteiger partial charge is 0.480 e. The number of nitrogens with zero attached hydrogens (tertiary/aromatic N) is 1. The number of rotatable bonds is 4. The van der Waals surface area contributed by atoms with Crippen molar-refractivity contribution in [2.45, 2.75) is 12.1 Å². The Morgan fingerprint density at radius 2 is 1.88 bits per heavy atom. The lowest BCUT2D eigenvalue weighted by atomic mass is 10.0. The number of aliphatic hydroxyl groups is 1. The number of aliphatic carboxylic acids is 1. The van der Waals surface area contributed by atoms with Gasteiger partial charge in [-0.3, -0.25) is 14.9 Å². The van der Waals surface area contributed by atoms with Gasteiger partial charge in [0.25, 0.3) is 5.69 Å². The Morgan fingerprint density at radius 3 is 2.25 bits per heavy atom. The molecule has 7 heteroatoms. The van der Waals surface area contributed by atoms with Gasteiger partial charge in [0, 0.05) is 12.1 Å². The molecule has 1 aromatic carbocycles. The van der Waals surface area contributed by atoms with Gasteiger partial charge < -0.3 is 15.9 Å². The lowest BCUT2D eigenvalue weighted by Crippen LogP contribution is -2.36. The number of carboxylic acids is 1. The average Bonchev–Trinajstić information content (AvgIpc) is 2.27. The Morgan fingerprint density at radius 1 is 1.38 bits per heavy atom. The molecular formula is C9H10N2O5. The molecule has 1 aromatic rings. The Bertz CT molecular complexity index is 403. The molecule has 0 fully saturated rings. The minimum Gasteiger partial charge on any atom is -0.480 e. The molecule has 16 heavy (non-hydrogen) atoms. The molecular weight excluding hydrogens is 216 g/mol. The van der Waals surface area contributed by atoms with E-state index in [0.29, 0.717) is 0 Å². The summed E-state index contributed by atoms with van der Waals surface area (Å²) in [5.41, 5.74) is 5.29. The normalized spacial score (nSPS) is 14.1. The average molecular weight is 226 g/mol. The summed E-state index contributed by atoms with van der Waals surface area (Å²) >= 11 is 0. The zero-order valence-electron chi connectivity index (χ0n) is 8.11. The topological polar surface area (TPSA) is 127 Å². The molecule has 86 valence electrons. The van der Waals surface area contributed by atoms with E-state index in [1.807, 2.05) is 0 Å². The predicted octanol–water partition coefficient (Wildman–Crippen LogP) is 0.0401. The number of non-ortho nitro benzene ring substituents is 1. The van der Waals surface area contributed by atoms with Crippen LogP contribution in [0.15, 0.2) is 24.3 Å². The van der Waals surface area contributed by atoms with Crippen LogP contribution in [0, 0.1) is 10.1 Å². The monoisotopic (exact) mass is 226 g/mol. The van der Waals surface area contributed by atoms with Gasteiger partial charge in [-0.05, 0) is 17.7 Å². The summed E-state index contributed by atoms with van der Waals surface area (Å²) < 4.78 is 0. The van der Waals surface area contributed by atoms with E-state index in [9.17, 15) is 20.0 Å². The first-order valence-electron chi connectivity index (χ1n) is 4.34. The van der Waals surface area contributed by atoms with Crippen molar-refractivity contribution in [3.05, 3.63) is 39.9 Å². The van der Waals surface area contributed by atoms with E-state index in [0.717, 1.165) is 0 Å². The number of hydrogen-bond donors (Lipinski definition) is 3. The lowest BCUT2D eigenvalue weighted by Gasteiger charge is -2.14. The highest BCUT2D eigenvalue weighted by Gasteiger charge is 2.23. The van der Waals surface area contributed by atoms with Gasteiger partial charge in [-0.25, -0.2) is 0 Å². The van der Waals surface area contributed by atoms with Crippen LogP contribution in [0.1, 0.15) is 11.7 Å². The molecule has 0 amide bonds. The highest BCUT2D eigenvalue weighted by Crippen LogP contribution is 2.19. The van der Waals surface area contributed by atoms with Gasteiger partial charge in [-0.15, -0.1) is 0 Å². The summed E-state index contributed by atoms with van der Waals surface area (Å²) in [5, 5.41) is 28.4. The summed E-state index contributed by atoms with van der Waals surface area (Å²) in [7, 11) is 0. The van der Waals surface area contributed by atoms with Crippen LogP contribution in [0.3, 0.4) is 0 Å². The molecule has 0 heterocycles. The number of benzene rings is 1. The molecule has 0 radical (unpaired) electrons. The third kappa shape index (κ3) is 2.53. The molecule has 0 aliphatic carbocycles. The van der Waals surface area contributed by atoms with Crippen LogP contribution in [0.5, 0.6) is 0 Å². The fourth-order valence-corrected chi connectivity index (χ4v) is 1.14. The van der Waals surface area contributed by atoms with Gasteiger partial charge in [0.1, 0.15) is 12.1 Å². The molecule has 0 unspecified atom stereocenters. The van der Waals surface area contributed by atoms with Crippen molar-refractivity contribution < 1.29 is 19.9 Å². The van der Waals surface area contributed by atoms with Gasteiger partial charge in [0.2, 0.25) is 0 Å². The number of nitrogens with two attached hydrogens (primary N) is 1. The van der Waals surface area contributed by atoms with E-state index >= 15 is 0 Å². The highest BCUT2D eigenvalue weighted by molar-refractivity contribution is 5.74. The number of carboxylic acid groups (broad SMARTS) is 1. The van der Waals surface area contributed by atoms with Crippen LogP contribution in [0.4, 0.5) is 5.69 Å². The summed E-state index contributed by atoms with van der Waals surface area (Å²) in [6.45, 7) is 0. The maximum absolute atomic E-state index is 10.5. The molecule has 0 spiro atoms. The smallest absolute Gasteiger partial charge is 0.323 e. The fraction of sp³-hybridized carbons (Fsp3) is 0.222. The van der Waals surface area contributed by atoms with Gasteiger partial charge in [0.05, 0.1) is 4.92 Å². The zero-order valence-corrected chi connectivity index (χ0v) is 8.11. The molecule has 2 atom stereocenters. The Balaban J connectivity index is 2.89. The standard InChI is InChI=1S/C9H10N2O5/c10-7(9(13)14)8(12)5-1-3-6(4-2-5)11(15)16/h1-4,7-8,12H,10H2,(H,13,14)/t7-,8+/m0/s1. The third-order valence-corrected chi connectivity index (χ3v) is 2.07. The van der Waals surface area contributed by atoms with Gasteiger partial charge in [-0.1, -0.05) is 0 Å². The second kappa shape index (κ2) is 4.69. The van der Waals surface area contributed by atoms with Crippen LogP contribution in [-0.4, -0.2) is 27.1 Å². The van der Waals surface area contributed by atoms with Crippen LogP contribution >= 0.6 is 0 Å². The molecule has 4 N–H and O–H groups in total. The summed E-state index contributed by atoms with van der Waals surface area (Å²) in [4.78, 5) is 20.3.